The number of carbonyl (C=O) groups is 1. The molecule has 3 rings (SSSR count). The van der Waals surface area contributed by atoms with E-state index in [1.807, 2.05) is 24.3 Å². The summed E-state index contributed by atoms with van der Waals surface area (Å²) >= 11 is 0. The van der Waals surface area contributed by atoms with Crippen LogP contribution in [0.3, 0.4) is 0 Å². The van der Waals surface area contributed by atoms with Crippen LogP contribution in [0.1, 0.15) is 19.4 Å². The summed E-state index contributed by atoms with van der Waals surface area (Å²) in [5, 5.41) is 10.9. The van der Waals surface area contributed by atoms with E-state index in [0.717, 1.165) is 22.7 Å². The van der Waals surface area contributed by atoms with E-state index in [1.165, 1.54) is 0 Å². The lowest BCUT2D eigenvalue weighted by molar-refractivity contribution is -0.123. The third kappa shape index (κ3) is 2.78. The first-order valence-electron chi connectivity index (χ1n) is 7.88. The number of aromatic amines is 1. The third-order valence-corrected chi connectivity index (χ3v) is 4.12. The van der Waals surface area contributed by atoms with Gasteiger partial charge in [0.1, 0.15) is 11.6 Å². The Morgan fingerprint density at radius 1 is 1.38 bits per heavy atom. The molecule has 7 heteroatoms. The first-order chi connectivity index (χ1) is 11.6. The van der Waals surface area contributed by atoms with E-state index in [0.29, 0.717) is 18.7 Å². The van der Waals surface area contributed by atoms with Crippen LogP contribution in [0, 0.1) is 0 Å². The summed E-state index contributed by atoms with van der Waals surface area (Å²) in [6.45, 7) is 2.92. The Balaban J connectivity index is 2.04. The zero-order valence-electron chi connectivity index (χ0n) is 13.7. The smallest absolute Gasteiger partial charge is 0.288 e. The fourth-order valence-corrected chi connectivity index (χ4v) is 2.96. The highest BCUT2D eigenvalue weighted by Crippen LogP contribution is 2.29. The molecule has 2 N–H and O–H groups in total. The fourth-order valence-electron chi connectivity index (χ4n) is 2.96. The highest BCUT2D eigenvalue weighted by atomic mass is 16.5. The zero-order valence-corrected chi connectivity index (χ0v) is 13.7. The first kappa shape index (κ1) is 16.2. The molecule has 3 aromatic rings. The minimum Gasteiger partial charge on any atom is -0.385 e. The quantitative estimate of drug-likeness (QED) is 0.673. The van der Waals surface area contributed by atoms with Gasteiger partial charge in [-0.3, -0.25) is 9.59 Å². The molecule has 0 fully saturated rings. The SMILES string of the molecule is COCCCNC(=O)C(C)n1c2ccccc2c2cn[nH]c(=O)c21. The summed E-state index contributed by atoms with van der Waals surface area (Å²) in [6.07, 6.45) is 2.37. The van der Waals surface area contributed by atoms with E-state index in [1.54, 1.807) is 24.8 Å². The number of hydrogen-bond acceptors (Lipinski definition) is 4. The van der Waals surface area contributed by atoms with Crippen LogP contribution in [-0.4, -0.2) is 40.9 Å². The molecule has 0 radical (unpaired) electrons. The van der Waals surface area contributed by atoms with Crippen LogP contribution in [0.2, 0.25) is 0 Å². The Kier molecular flexibility index (Phi) is 4.61. The van der Waals surface area contributed by atoms with E-state index in [-0.39, 0.29) is 11.5 Å². The third-order valence-electron chi connectivity index (χ3n) is 4.12. The zero-order chi connectivity index (χ0) is 17.1. The molecular weight excluding hydrogens is 308 g/mol. The van der Waals surface area contributed by atoms with E-state index in [4.69, 9.17) is 4.74 Å². The second kappa shape index (κ2) is 6.84. The first-order valence-corrected chi connectivity index (χ1v) is 7.88. The Morgan fingerprint density at radius 2 is 2.17 bits per heavy atom. The molecule has 0 bridgehead atoms. The molecule has 1 amide bonds. The molecular formula is C17H20N4O3. The summed E-state index contributed by atoms with van der Waals surface area (Å²) < 4.78 is 6.75. The molecule has 0 aliphatic rings. The number of benzene rings is 1. The number of carbonyl (C=O) groups excluding carboxylic acids is 1. The molecule has 126 valence electrons. The summed E-state index contributed by atoms with van der Waals surface area (Å²) in [5.41, 5.74) is 0.999. The maximum absolute atomic E-state index is 12.5. The maximum atomic E-state index is 12.5. The van der Waals surface area contributed by atoms with Crippen molar-refractivity contribution < 1.29 is 9.53 Å². The van der Waals surface area contributed by atoms with Gasteiger partial charge in [0.2, 0.25) is 5.91 Å². The van der Waals surface area contributed by atoms with Gasteiger partial charge < -0.3 is 14.6 Å². The van der Waals surface area contributed by atoms with Crippen molar-refractivity contribution in [1.82, 2.24) is 20.1 Å². The minimum atomic E-state index is -0.515. The monoisotopic (exact) mass is 328 g/mol. The molecule has 1 atom stereocenters. The predicted octanol–water partition coefficient (Wildman–Crippen LogP) is 1.59. The number of ether oxygens (including phenoxy) is 1. The van der Waals surface area contributed by atoms with Crippen molar-refractivity contribution in [1.29, 1.82) is 0 Å². The Hall–Kier alpha value is -2.67. The molecule has 1 unspecified atom stereocenters. The van der Waals surface area contributed by atoms with Gasteiger partial charge >= 0.3 is 0 Å². The van der Waals surface area contributed by atoms with Crippen LogP contribution in [0.15, 0.2) is 35.3 Å². The minimum absolute atomic E-state index is 0.134. The van der Waals surface area contributed by atoms with Gasteiger partial charge in [-0.1, -0.05) is 18.2 Å². The van der Waals surface area contributed by atoms with E-state index in [2.05, 4.69) is 15.5 Å². The highest BCUT2D eigenvalue weighted by Gasteiger charge is 2.22. The number of amides is 1. The fraction of sp³-hybridized carbons (Fsp3) is 0.353. The van der Waals surface area contributed by atoms with Crippen molar-refractivity contribution in [3.63, 3.8) is 0 Å². The Bertz CT molecular complexity index is 928. The number of nitrogens with one attached hydrogen (secondary N) is 2. The van der Waals surface area contributed by atoms with Gasteiger partial charge in [-0.2, -0.15) is 5.10 Å². The summed E-state index contributed by atoms with van der Waals surface area (Å²) in [4.78, 5) is 24.8. The molecule has 24 heavy (non-hydrogen) atoms. The van der Waals surface area contributed by atoms with Crippen molar-refractivity contribution in [2.75, 3.05) is 20.3 Å². The normalized spacial score (nSPS) is 12.6. The summed E-state index contributed by atoms with van der Waals surface area (Å²) in [7, 11) is 1.63. The van der Waals surface area contributed by atoms with Crippen LogP contribution >= 0.6 is 0 Å². The van der Waals surface area contributed by atoms with Gasteiger partial charge in [-0.25, -0.2) is 5.10 Å². The van der Waals surface area contributed by atoms with Crippen LogP contribution in [-0.2, 0) is 9.53 Å². The number of nitrogens with zero attached hydrogens (tertiary/aromatic N) is 2. The van der Waals surface area contributed by atoms with Gasteiger partial charge in [-0.05, 0) is 19.4 Å². The number of hydrogen-bond donors (Lipinski definition) is 2. The number of H-pyrrole nitrogens is 1. The van der Waals surface area contributed by atoms with Crippen molar-refractivity contribution in [3.8, 4) is 0 Å². The molecule has 2 heterocycles. The van der Waals surface area contributed by atoms with Crippen LogP contribution < -0.4 is 10.9 Å². The molecule has 0 saturated heterocycles. The second-order valence-electron chi connectivity index (χ2n) is 5.66. The Labute approximate surface area is 138 Å². The van der Waals surface area contributed by atoms with E-state index in [9.17, 15) is 9.59 Å². The van der Waals surface area contributed by atoms with Gasteiger partial charge in [0.15, 0.2) is 0 Å². The van der Waals surface area contributed by atoms with Crippen LogP contribution in [0.4, 0.5) is 0 Å². The van der Waals surface area contributed by atoms with Crippen LogP contribution in [0.5, 0.6) is 0 Å². The lowest BCUT2D eigenvalue weighted by Gasteiger charge is -2.16. The molecule has 0 saturated carbocycles. The number of para-hydroxylation sites is 1. The molecule has 0 aliphatic carbocycles. The predicted molar refractivity (Wildman–Crippen MR) is 92.1 cm³/mol. The molecule has 0 aliphatic heterocycles. The standard InChI is InChI=1S/C17H20N4O3/c1-11(16(22)18-8-5-9-24-2)21-14-7-4-3-6-12(14)13-10-19-20-17(23)15(13)21/h3-4,6-7,10-11H,5,8-9H2,1-2H3,(H,18,22)(H,20,23). The van der Waals surface area contributed by atoms with E-state index >= 15 is 0 Å². The molecule has 2 aromatic heterocycles. The number of aromatic nitrogens is 3. The van der Waals surface area contributed by atoms with Gasteiger partial charge in [0.25, 0.3) is 5.56 Å². The van der Waals surface area contributed by atoms with Crippen molar-refractivity contribution in [2.45, 2.75) is 19.4 Å². The summed E-state index contributed by atoms with van der Waals surface area (Å²) in [5.74, 6) is -0.134. The number of methoxy groups -OCH3 is 1. The largest absolute Gasteiger partial charge is 0.385 e. The number of rotatable bonds is 6. The van der Waals surface area contributed by atoms with Crippen molar-refractivity contribution >= 4 is 27.7 Å². The second-order valence-corrected chi connectivity index (χ2v) is 5.66. The molecule has 1 aromatic carbocycles. The lowest BCUT2D eigenvalue weighted by Crippen LogP contribution is -2.32. The maximum Gasteiger partial charge on any atom is 0.288 e. The topological polar surface area (TPSA) is 89.0 Å². The van der Waals surface area contributed by atoms with Crippen LogP contribution in [0.25, 0.3) is 21.8 Å². The molecule has 0 spiro atoms. The van der Waals surface area contributed by atoms with Gasteiger partial charge in [-0.15, -0.1) is 0 Å². The Morgan fingerprint density at radius 3 is 2.96 bits per heavy atom. The average molecular weight is 328 g/mol. The molecule has 7 nitrogen and oxygen atoms in total. The van der Waals surface area contributed by atoms with E-state index < -0.39 is 6.04 Å². The van der Waals surface area contributed by atoms with Gasteiger partial charge in [0, 0.05) is 31.0 Å². The van der Waals surface area contributed by atoms with Gasteiger partial charge in [0.05, 0.1) is 11.7 Å². The number of fused-ring (bicyclic) bond motifs is 3. The lowest BCUT2D eigenvalue weighted by atomic mass is 10.2. The van der Waals surface area contributed by atoms with Crippen molar-refractivity contribution in [2.24, 2.45) is 0 Å². The van der Waals surface area contributed by atoms with Crippen molar-refractivity contribution in [3.05, 3.63) is 40.8 Å². The average Bonchev–Trinajstić information content (AvgIpc) is 2.94. The summed E-state index contributed by atoms with van der Waals surface area (Å²) in [6, 6.07) is 7.12. The highest BCUT2D eigenvalue weighted by molar-refractivity contribution is 6.08.